The maximum Gasteiger partial charge on any atom is 0.228 e. The fourth-order valence-electron chi connectivity index (χ4n) is 1.62. The number of carbonyl (C=O) groups excluding carboxylic acids is 1. The molecule has 0 saturated heterocycles. The third kappa shape index (κ3) is 4.06. The minimum atomic E-state index is -0.0858. The van der Waals surface area contributed by atoms with Crippen molar-refractivity contribution in [3.05, 3.63) is 52.8 Å². The Hall–Kier alpha value is -1.88. The van der Waals surface area contributed by atoms with Gasteiger partial charge in [0.15, 0.2) is 0 Å². The number of carbonyl (C=O) groups is 1. The molecule has 0 atom stereocenters. The number of methoxy groups -OCH3 is 1. The molecule has 0 aliphatic heterocycles. The van der Waals surface area contributed by atoms with Crippen LogP contribution in [0.3, 0.4) is 0 Å². The first-order chi connectivity index (χ1) is 9.17. The molecule has 2 rings (SSSR count). The predicted molar refractivity (Wildman–Crippen MR) is 77.3 cm³/mol. The van der Waals surface area contributed by atoms with Crippen molar-refractivity contribution in [3.63, 3.8) is 0 Å². The number of amides is 1. The molecule has 2 aromatic rings. The molecule has 5 heteroatoms. The first-order valence-electron chi connectivity index (χ1n) is 5.72. The van der Waals surface area contributed by atoms with Crippen LogP contribution in [0.5, 0.6) is 5.75 Å². The Bertz CT molecular complexity index is 570. The highest BCUT2D eigenvalue weighted by atomic mass is 79.9. The zero-order valence-electron chi connectivity index (χ0n) is 10.4. The van der Waals surface area contributed by atoms with Crippen molar-refractivity contribution in [2.75, 3.05) is 12.4 Å². The smallest absolute Gasteiger partial charge is 0.228 e. The Balaban J connectivity index is 1.99. The SMILES string of the molecule is COc1cccc(CC(=O)Nc2ccc(Br)nc2)c1. The molecule has 1 heterocycles. The monoisotopic (exact) mass is 320 g/mol. The summed E-state index contributed by atoms with van der Waals surface area (Å²) >= 11 is 3.24. The zero-order chi connectivity index (χ0) is 13.7. The van der Waals surface area contributed by atoms with E-state index in [1.165, 1.54) is 0 Å². The highest BCUT2D eigenvalue weighted by molar-refractivity contribution is 9.10. The summed E-state index contributed by atoms with van der Waals surface area (Å²) < 4.78 is 5.86. The van der Waals surface area contributed by atoms with Crippen LogP contribution < -0.4 is 10.1 Å². The second-order valence-corrected chi connectivity index (χ2v) is 4.76. The van der Waals surface area contributed by atoms with Gasteiger partial charge in [0.1, 0.15) is 10.4 Å². The van der Waals surface area contributed by atoms with E-state index in [0.29, 0.717) is 12.1 Å². The van der Waals surface area contributed by atoms with Crippen LogP contribution in [0, 0.1) is 0 Å². The van der Waals surface area contributed by atoms with Crippen LogP contribution in [0.1, 0.15) is 5.56 Å². The molecule has 4 nitrogen and oxygen atoms in total. The minimum Gasteiger partial charge on any atom is -0.497 e. The van der Waals surface area contributed by atoms with E-state index in [4.69, 9.17) is 4.74 Å². The molecule has 0 saturated carbocycles. The third-order valence-corrected chi connectivity index (χ3v) is 2.98. The van der Waals surface area contributed by atoms with Gasteiger partial charge in [-0.3, -0.25) is 4.79 Å². The van der Waals surface area contributed by atoms with Crippen molar-refractivity contribution >= 4 is 27.5 Å². The van der Waals surface area contributed by atoms with Crippen LogP contribution in [-0.4, -0.2) is 18.0 Å². The molecular formula is C14H13BrN2O2. The van der Waals surface area contributed by atoms with Crippen molar-refractivity contribution in [3.8, 4) is 5.75 Å². The number of benzene rings is 1. The summed E-state index contributed by atoms with van der Waals surface area (Å²) in [5, 5.41) is 2.79. The van der Waals surface area contributed by atoms with E-state index in [2.05, 4.69) is 26.2 Å². The highest BCUT2D eigenvalue weighted by Crippen LogP contribution is 2.14. The Morgan fingerprint density at radius 2 is 2.21 bits per heavy atom. The van der Waals surface area contributed by atoms with Crippen LogP contribution >= 0.6 is 15.9 Å². The molecule has 1 aromatic heterocycles. The van der Waals surface area contributed by atoms with Crippen molar-refractivity contribution < 1.29 is 9.53 Å². The van der Waals surface area contributed by atoms with Gasteiger partial charge in [-0.25, -0.2) is 4.98 Å². The Labute approximate surface area is 119 Å². The van der Waals surface area contributed by atoms with E-state index >= 15 is 0 Å². The lowest BCUT2D eigenvalue weighted by Gasteiger charge is -2.06. The summed E-state index contributed by atoms with van der Waals surface area (Å²) in [6, 6.07) is 11.0. The number of hydrogen-bond acceptors (Lipinski definition) is 3. The average Bonchev–Trinajstić information content (AvgIpc) is 2.41. The molecule has 0 fully saturated rings. The summed E-state index contributed by atoms with van der Waals surface area (Å²) in [7, 11) is 1.60. The summed E-state index contributed by atoms with van der Waals surface area (Å²) in [5.41, 5.74) is 1.58. The molecule has 19 heavy (non-hydrogen) atoms. The van der Waals surface area contributed by atoms with Crippen molar-refractivity contribution in [1.29, 1.82) is 0 Å². The molecule has 1 N–H and O–H groups in total. The molecular weight excluding hydrogens is 308 g/mol. The second-order valence-electron chi connectivity index (χ2n) is 3.95. The zero-order valence-corrected chi connectivity index (χ0v) is 12.0. The van der Waals surface area contributed by atoms with Gasteiger partial charge in [0.2, 0.25) is 5.91 Å². The lowest BCUT2D eigenvalue weighted by atomic mass is 10.1. The van der Waals surface area contributed by atoms with Crippen molar-refractivity contribution in [2.24, 2.45) is 0 Å². The molecule has 98 valence electrons. The lowest BCUT2D eigenvalue weighted by Crippen LogP contribution is -2.14. The Morgan fingerprint density at radius 1 is 1.37 bits per heavy atom. The van der Waals surface area contributed by atoms with Gasteiger partial charge >= 0.3 is 0 Å². The number of ether oxygens (including phenoxy) is 1. The van der Waals surface area contributed by atoms with Gasteiger partial charge in [-0.2, -0.15) is 0 Å². The number of aromatic nitrogens is 1. The minimum absolute atomic E-state index is 0.0858. The fourth-order valence-corrected chi connectivity index (χ4v) is 1.86. The molecule has 0 radical (unpaired) electrons. The number of nitrogens with zero attached hydrogens (tertiary/aromatic N) is 1. The van der Waals surface area contributed by atoms with Gasteiger partial charge in [-0.1, -0.05) is 12.1 Å². The van der Waals surface area contributed by atoms with Gasteiger partial charge in [0, 0.05) is 0 Å². The van der Waals surface area contributed by atoms with Gasteiger partial charge < -0.3 is 10.1 Å². The van der Waals surface area contributed by atoms with Crippen LogP contribution in [0.2, 0.25) is 0 Å². The van der Waals surface area contributed by atoms with Gasteiger partial charge in [0.05, 0.1) is 25.4 Å². The van der Waals surface area contributed by atoms with Crippen molar-refractivity contribution in [1.82, 2.24) is 4.98 Å². The third-order valence-electron chi connectivity index (χ3n) is 2.51. The van der Waals surface area contributed by atoms with Crippen molar-refractivity contribution in [2.45, 2.75) is 6.42 Å². The average molecular weight is 321 g/mol. The summed E-state index contributed by atoms with van der Waals surface area (Å²) in [5.74, 6) is 0.660. The summed E-state index contributed by atoms with van der Waals surface area (Å²) in [6.45, 7) is 0. The maximum absolute atomic E-state index is 11.9. The van der Waals surface area contributed by atoms with E-state index in [9.17, 15) is 4.79 Å². The molecule has 0 spiro atoms. The lowest BCUT2D eigenvalue weighted by molar-refractivity contribution is -0.115. The van der Waals surface area contributed by atoms with Gasteiger partial charge in [-0.15, -0.1) is 0 Å². The number of nitrogens with one attached hydrogen (secondary N) is 1. The van der Waals surface area contributed by atoms with Crippen LogP contribution in [-0.2, 0) is 11.2 Å². The topological polar surface area (TPSA) is 51.2 Å². The quantitative estimate of drug-likeness (QED) is 0.881. The number of anilines is 1. The normalized spacial score (nSPS) is 10.0. The first-order valence-corrected chi connectivity index (χ1v) is 6.51. The molecule has 0 aliphatic carbocycles. The fraction of sp³-hybridized carbons (Fsp3) is 0.143. The van der Waals surface area contributed by atoms with Crippen LogP contribution in [0.25, 0.3) is 0 Å². The Kier molecular flexibility index (Phi) is 4.52. The van der Waals surface area contributed by atoms with E-state index in [1.54, 1.807) is 25.4 Å². The van der Waals surface area contributed by atoms with Crippen LogP contribution in [0.4, 0.5) is 5.69 Å². The van der Waals surface area contributed by atoms with E-state index < -0.39 is 0 Å². The van der Waals surface area contributed by atoms with Gasteiger partial charge in [0.25, 0.3) is 0 Å². The summed E-state index contributed by atoms with van der Waals surface area (Å²) in [4.78, 5) is 15.9. The highest BCUT2D eigenvalue weighted by Gasteiger charge is 2.05. The largest absolute Gasteiger partial charge is 0.497 e. The van der Waals surface area contributed by atoms with E-state index in [-0.39, 0.29) is 5.91 Å². The standard InChI is InChI=1S/C14H13BrN2O2/c1-19-12-4-2-3-10(7-12)8-14(18)17-11-5-6-13(15)16-9-11/h2-7,9H,8H2,1H3,(H,17,18). The number of pyridine rings is 1. The van der Waals surface area contributed by atoms with E-state index in [0.717, 1.165) is 15.9 Å². The van der Waals surface area contributed by atoms with Crippen LogP contribution in [0.15, 0.2) is 47.2 Å². The number of halogens is 1. The van der Waals surface area contributed by atoms with E-state index in [1.807, 2.05) is 24.3 Å². The molecule has 0 bridgehead atoms. The molecule has 1 aromatic carbocycles. The number of hydrogen-bond donors (Lipinski definition) is 1. The molecule has 0 unspecified atom stereocenters. The number of rotatable bonds is 4. The van der Waals surface area contributed by atoms with Gasteiger partial charge in [-0.05, 0) is 45.8 Å². The summed E-state index contributed by atoms with van der Waals surface area (Å²) in [6.07, 6.45) is 1.90. The second kappa shape index (κ2) is 6.33. The maximum atomic E-state index is 11.9. The molecule has 1 amide bonds. The molecule has 0 aliphatic rings. The predicted octanol–water partition coefficient (Wildman–Crippen LogP) is 3.03. The Morgan fingerprint density at radius 3 is 2.89 bits per heavy atom. The first kappa shape index (κ1) is 13.5.